The number of benzene rings is 2. The maximum Gasteiger partial charge on any atom is 0.233 e. The first kappa shape index (κ1) is 20.2. The van der Waals surface area contributed by atoms with E-state index in [-0.39, 0.29) is 23.3 Å². The SMILES string of the molecule is CCC(C(=O)Nc1c2c(nn1-c1ccc(OC)cc1)CS(=O)(=O)C2)c1ccccc1. The third kappa shape index (κ3) is 3.82. The minimum atomic E-state index is -3.26. The number of hydrogen-bond acceptors (Lipinski definition) is 5. The Bertz CT molecular complexity index is 1170. The van der Waals surface area contributed by atoms with Crippen LogP contribution >= 0.6 is 0 Å². The van der Waals surface area contributed by atoms with Gasteiger partial charge in [-0.1, -0.05) is 37.3 Å². The van der Waals surface area contributed by atoms with Crippen LogP contribution in [0.4, 0.5) is 5.82 Å². The third-order valence-corrected chi connectivity index (χ3v) is 6.71. The number of carbonyl (C=O) groups excluding carboxylic acids is 1. The molecule has 1 aromatic heterocycles. The van der Waals surface area contributed by atoms with E-state index in [1.807, 2.05) is 49.4 Å². The standard InChI is InChI=1S/C22H23N3O4S/c1-3-18(15-7-5-4-6-8-15)22(26)23-21-19-13-30(27,28)14-20(19)24-25(21)16-9-11-17(29-2)12-10-16/h4-12,18H,3,13-14H2,1-2H3,(H,23,26). The largest absolute Gasteiger partial charge is 0.497 e. The minimum absolute atomic E-state index is 0.121. The number of hydrogen-bond donors (Lipinski definition) is 1. The molecule has 156 valence electrons. The lowest BCUT2D eigenvalue weighted by atomic mass is 9.95. The summed E-state index contributed by atoms with van der Waals surface area (Å²) in [4.78, 5) is 13.2. The smallest absolute Gasteiger partial charge is 0.233 e. The highest BCUT2D eigenvalue weighted by Crippen LogP contribution is 2.34. The van der Waals surface area contributed by atoms with Gasteiger partial charge in [-0.3, -0.25) is 4.79 Å². The van der Waals surface area contributed by atoms with E-state index in [1.54, 1.807) is 23.9 Å². The van der Waals surface area contributed by atoms with Gasteiger partial charge in [0.15, 0.2) is 9.84 Å². The highest BCUT2D eigenvalue weighted by atomic mass is 32.2. The number of nitrogens with one attached hydrogen (secondary N) is 1. The summed E-state index contributed by atoms with van der Waals surface area (Å²) >= 11 is 0. The number of anilines is 1. The van der Waals surface area contributed by atoms with Gasteiger partial charge in [-0.25, -0.2) is 13.1 Å². The van der Waals surface area contributed by atoms with Crippen molar-refractivity contribution >= 4 is 21.6 Å². The van der Waals surface area contributed by atoms with Gasteiger partial charge in [-0.15, -0.1) is 0 Å². The van der Waals surface area contributed by atoms with Crippen LogP contribution < -0.4 is 10.1 Å². The Labute approximate surface area is 175 Å². The molecule has 0 saturated carbocycles. The van der Waals surface area contributed by atoms with Gasteiger partial charge in [0.2, 0.25) is 5.91 Å². The van der Waals surface area contributed by atoms with Crippen molar-refractivity contribution in [3.05, 3.63) is 71.4 Å². The second kappa shape index (κ2) is 7.95. The number of methoxy groups -OCH3 is 1. The highest BCUT2D eigenvalue weighted by molar-refractivity contribution is 7.90. The number of aromatic nitrogens is 2. The quantitative estimate of drug-likeness (QED) is 0.653. The Kier molecular flexibility index (Phi) is 5.34. The van der Waals surface area contributed by atoms with E-state index in [2.05, 4.69) is 10.4 Å². The van der Waals surface area contributed by atoms with Crippen molar-refractivity contribution in [2.45, 2.75) is 30.8 Å². The van der Waals surface area contributed by atoms with E-state index in [0.29, 0.717) is 34.9 Å². The molecule has 1 amide bonds. The normalized spacial score (nSPS) is 15.4. The molecule has 7 nitrogen and oxygen atoms in total. The van der Waals surface area contributed by atoms with Gasteiger partial charge in [-0.2, -0.15) is 5.10 Å². The molecule has 2 aromatic carbocycles. The van der Waals surface area contributed by atoms with Crippen LogP contribution in [0.1, 0.15) is 36.1 Å². The molecule has 1 unspecified atom stereocenters. The van der Waals surface area contributed by atoms with Crippen molar-refractivity contribution in [3.63, 3.8) is 0 Å². The van der Waals surface area contributed by atoms with E-state index in [0.717, 1.165) is 5.56 Å². The van der Waals surface area contributed by atoms with Crippen molar-refractivity contribution in [2.24, 2.45) is 0 Å². The predicted molar refractivity (Wildman–Crippen MR) is 115 cm³/mol. The molecule has 1 aliphatic heterocycles. The van der Waals surface area contributed by atoms with Gasteiger partial charge in [0, 0.05) is 5.56 Å². The summed E-state index contributed by atoms with van der Waals surface area (Å²) in [6.07, 6.45) is 0.618. The first-order valence-corrected chi connectivity index (χ1v) is 11.6. The van der Waals surface area contributed by atoms with Crippen molar-refractivity contribution in [1.82, 2.24) is 9.78 Å². The molecule has 4 rings (SSSR count). The fourth-order valence-corrected chi connectivity index (χ4v) is 5.24. The summed E-state index contributed by atoms with van der Waals surface area (Å²) in [5.74, 6) is 0.322. The fraction of sp³-hybridized carbons (Fsp3) is 0.273. The van der Waals surface area contributed by atoms with Gasteiger partial charge in [0.1, 0.15) is 11.6 Å². The zero-order valence-corrected chi connectivity index (χ0v) is 17.6. The topological polar surface area (TPSA) is 90.3 Å². The zero-order chi connectivity index (χ0) is 21.3. The van der Waals surface area contributed by atoms with Crippen LogP contribution in [0.3, 0.4) is 0 Å². The van der Waals surface area contributed by atoms with Gasteiger partial charge in [-0.05, 0) is 36.2 Å². The van der Waals surface area contributed by atoms with Crippen LogP contribution in [0.5, 0.6) is 5.75 Å². The van der Waals surface area contributed by atoms with Crippen molar-refractivity contribution in [1.29, 1.82) is 0 Å². The highest BCUT2D eigenvalue weighted by Gasteiger charge is 2.34. The lowest BCUT2D eigenvalue weighted by Gasteiger charge is -2.17. The van der Waals surface area contributed by atoms with Crippen molar-refractivity contribution in [2.75, 3.05) is 12.4 Å². The van der Waals surface area contributed by atoms with E-state index in [9.17, 15) is 13.2 Å². The molecule has 0 aliphatic carbocycles. The lowest BCUT2D eigenvalue weighted by molar-refractivity contribution is -0.117. The molecule has 1 N–H and O–H groups in total. The van der Waals surface area contributed by atoms with Gasteiger partial charge in [0.25, 0.3) is 0 Å². The molecular weight excluding hydrogens is 402 g/mol. The van der Waals surface area contributed by atoms with Gasteiger partial charge >= 0.3 is 0 Å². The van der Waals surface area contributed by atoms with E-state index in [1.165, 1.54) is 0 Å². The van der Waals surface area contributed by atoms with Crippen LogP contribution in [-0.2, 0) is 26.1 Å². The average Bonchev–Trinajstić information content (AvgIpc) is 3.22. The summed E-state index contributed by atoms with van der Waals surface area (Å²) in [6.45, 7) is 1.95. The Morgan fingerprint density at radius 2 is 1.83 bits per heavy atom. The molecular formula is C22H23N3O4S. The molecule has 8 heteroatoms. The van der Waals surface area contributed by atoms with Crippen LogP contribution in [0.2, 0.25) is 0 Å². The molecule has 0 saturated heterocycles. The van der Waals surface area contributed by atoms with Gasteiger partial charge in [0.05, 0.1) is 35.9 Å². The number of rotatable bonds is 6. The zero-order valence-electron chi connectivity index (χ0n) is 16.8. The first-order chi connectivity index (χ1) is 14.4. The van der Waals surface area contributed by atoms with Crippen LogP contribution in [0, 0.1) is 0 Å². The molecule has 0 spiro atoms. The number of fused-ring (bicyclic) bond motifs is 1. The maximum absolute atomic E-state index is 13.2. The Morgan fingerprint density at radius 1 is 1.13 bits per heavy atom. The number of carbonyl (C=O) groups is 1. The average molecular weight is 426 g/mol. The Morgan fingerprint density at radius 3 is 2.47 bits per heavy atom. The lowest BCUT2D eigenvalue weighted by Crippen LogP contribution is -2.23. The number of nitrogens with zero attached hydrogens (tertiary/aromatic N) is 2. The Balaban J connectivity index is 1.73. The summed E-state index contributed by atoms with van der Waals surface area (Å²) in [5.41, 5.74) is 2.67. The van der Waals surface area contributed by atoms with E-state index in [4.69, 9.17) is 4.74 Å². The second-order valence-corrected chi connectivity index (χ2v) is 9.34. The molecule has 0 fully saturated rings. The first-order valence-electron chi connectivity index (χ1n) is 9.73. The van der Waals surface area contributed by atoms with Gasteiger partial charge < -0.3 is 10.1 Å². The molecule has 2 heterocycles. The number of sulfone groups is 1. The minimum Gasteiger partial charge on any atom is -0.497 e. The predicted octanol–water partition coefficient (Wildman–Crippen LogP) is 3.44. The summed E-state index contributed by atoms with van der Waals surface area (Å²) in [5, 5.41) is 7.48. The molecule has 0 radical (unpaired) electrons. The maximum atomic E-state index is 13.2. The van der Waals surface area contributed by atoms with Crippen molar-refractivity contribution < 1.29 is 17.9 Å². The monoisotopic (exact) mass is 425 g/mol. The number of ether oxygens (including phenoxy) is 1. The number of amides is 1. The molecule has 3 aromatic rings. The van der Waals surface area contributed by atoms with Crippen molar-refractivity contribution in [3.8, 4) is 11.4 Å². The molecule has 1 atom stereocenters. The Hall–Kier alpha value is -3.13. The molecule has 30 heavy (non-hydrogen) atoms. The second-order valence-electron chi connectivity index (χ2n) is 7.28. The van der Waals surface area contributed by atoms with E-state index >= 15 is 0 Å². The van der Waals surface area contributed by atoms with E-state index < -0.39 is 9.84 Å². The summed E-state index contributed by atoms with van der Waals surface area (Å²) in [6, 6.07) is 16.8. The molecule has 0 bridgehead atoms. The van der Waals surface area contributed by atoms with Crippen LogP contribution in [-0.4, -0.2) is 31.2 Å². The van der Waals surface area contributed by atoms with Crippen LogP contribution in [0.15, 0.2) is 54.6 Å². The summed E-state index contributed by atoms with van der Waals surface area (Å²) < 4.78 is 31.1. The third-order valence-electron chi connectivity index (χ3n) is 5.27. The molecule has 1 aliphatic rings. The van der Waals surface area contributed by atoms with Crippen LogP contribution in [0.25, 0.3) is 5.69 Å². The summed E-state index contributed by atoms with van der Waals surface area (Å²) in [7, 11) is -1.67. The fourth-order valence-electron chi connectivity index (χ4n) is 3.74.